The molecule has 22 heavy (non-hydrogen) atoms. The van der Waals surface area contributed by atoms with Crippen molar-refractivity contribution in [1.29, 1.82) is 0 Å². The molecule has 2 aromatic heterocycles. The lowest BCUT2D eigenvalue weighted by Gasteiger charge is -2.34. The normalized spacial score (nSPS) is 18.3. The van der Waals surface area contributed by atoms with Gasteiger partial charge in [0.25, 0.3) is 0 Å². The molecule has 0 amide bonds. The number of nitrogens with zero attached hydrogens (tertiary/aromatic N) is 5. The molecular formula is C15H18FN5O. The summed E-state index contributed by atoms with van der Waals surface area (Å²) in [6.07, 6.45) is 4.38. The third-order valence-electron chi connectivity index (χ3n) is 3.54. The summed E-state index contributed by atoms with van der Waals surface area (Å²) >= 11 is 0. The van der Waals surface area contributed by atoms with Gasteiger partial charge in [0, 0.05) is 33.0 Å². The van der Waals surface area contributed by atoms with Crippen molar-refractivity contribution in [3.8, 4) is 0 Å². The Morgan fingerprint density at radius 2 is 2.05 bits per heavy atom. The maximum atomic E-state index is 13.0. The fourth-order valence-electron chi connectivity index (χ4n) is 2.49. The molecule has 1 aliphatic heterocycles. The Kier molecular flexibility index (Phi) is 4.15. The van der Waals surface area contributed by atoms with E-state index in [2.05, 4.69) is 19.9 Å². The van der Waals surface area contributed by atoms with Crippen molar-refractivity contribution in [2.45, 2.75) is 6.10 Å². The Hall–Kier alpha value is -2.28. The van der Waals surface area contributed by atoms with Crippen LogP contribution in [0.3, 0.4) is 0 Å². The molecule has 6 nitrogen and oxygen atoms in total. The van der Waals surface area contributed by atoms with Crippen LogP contribution < -0.4 is 9.80 Å². The second-order valence-electron chi connectivity index (χ2n) is 5.30. The Balaban J connectivity index is 1.83. The molecular weight excluding hydrogens is 285 g/mol. The molecule has 0 spiro atoms. The highest BCUT2D eigenvalue weighted by Gasteiger charge is 2.27. The molecule has 0 N–H and O–H groups in total. The summed E-state index contributed by atoms with van der Waals surface area (Å²) in [5, 5.41) is 0. The van der Waals surface area contributed by atoms with E-state index in [0.717, 1.165) is 17.3 Å². The van der Waals surface area contributed by atoms with Gasteiger partial charge in [-0.1, -0.05) is 0 Å². The summed E-state index contributed by atoms with van der Waals surface area (Å²) < 4.78 is 18.9. The molecule has 1 aliphatic rings. The zero-order chi connectivity index (χ0) is 15.5. The number of anilines is 2. The summed E-state index contributed by atoms with van der Waals surface area (Å²) in [7, 11) is 3.85. The van der Waals surface area contributed by atoms with E-state index in [1.165, 1.54) is 12.3 Å². The number of hydrogen-bond acceptors (Lipinski definition) is 6. The Bertz CT molecular complexity index is 634. The van der Waals surface area contributed by atoms with Crippen molar-refractivity contribution < 1.29 is 9.13 Å². The Labute approximate surface area is 128 Å². The van der Waals surface area contributed by atoms with Crippen LogP contribution in [0.25, 0.3) is 0 Å². The first-order chi connectivity index (χ1) is 10.6. The van der Waals surface area contributed by atoms with Crippen LogP contribution in [0.1, 0.15) is 11.8 Å². The second kappa shape index (κ2) is 6.23. The molecule has 1 unspecified atom stereocenters. The third kappa shape index (κ3) is 2.99. The topological polar surface area (TPSA) is 54.4 Å². The molecule has 1 saturated heterocycles. The van der Waals surface area contributed by atoms with Crippen LogP contribution in [0.4, 0.5) is 16.0 Å². The van der Waals surface area contributed by atoms with Gasteiger partial charge in [0.05, 0.1) is 19.3 Å². The zero-order valence-electron chi connectivity index (χ0n) is 12.6. The monoisotopic (exact) mass is 303 g/mol. The highest BCUT2D eigenvalue weighted by atomic mass is 19.1. The molecule has 116 valence electrons. The number of pyridine rings is 1. The van der Waals surface area contributed by atoms with E-state index in [0.29, 0.717) is 19.7 Å². The van der Waals surface area contributed by atoms with E-state index in [1.807, 2.05) is 19.0 Å². The van der Waals surface area contributed by atoms with E-state index in [1.54, 1.807) is 18.5 Å². The molecule has 1 fully saturated rings. The summed E-state index contributed by atoms with van der Waals surface area (Å²) in [5.41, 5.74) is 0.805. The minimum Gasteiger partial charge on any atom is -0.368 e. The van der Waals surface area contributed by atoms with Crippen molar-refractivity contribution in [3.63, 3.8) is 0 Å². The molecule has 0 radical (unpaired) electrons. The van der Waals surface area contributed by atoms with E-state index in [-0.39, 0.29) is 11.9 Å². The summed E-state index contributed by atoms with van der Waals surface area (Å²) in [4.78, 5) is 16.9. The average molecular weight is 303 g/mol. The van der Waals surface area contributed by atoms with E-state index in [9.17, 15) is 4.39 Å². The fraction of sp³-hybridized carbons (Fsp3) is 0.400. The first kappa shape index (κ1) is 14.6. The van der Waals surface area contributed by atoms with E-state index < -0.39 is 0 Å². The van der Waals surface area contributed by atoms with Gasteiger partial charge in [0.1, 0.15) is 23.4 Å². The molecule has 1 atom stereocenters. The van der Waals surface area contributed by atoms with Crippen molar-refractivity contribution >= 4 is 11.6 Å². The standard InChI is InChI=1S/C15H18FN5O/c1-20(2)15-14(17-5-6-18-15)12-10-21(7-8-22-12)13-4-3-11(16)9-19-13/h3-6,9,12H,7-8,10H2,1-2H3. The first-order valence-corrected chi connectivity index (χ1v) is 7.11. The van der Waals surface area contributed by atoms with Gasteiger partial charge < -0.3 is 14.5 Å². The summed E-state index contributed by atoms with van der Waals surface area (Å²) in [6, 6.07) is 3.10. The minimum atomic E-state index is -0.336. The highest BCUT2D eigenvalue weighted by molar-refractivity contribution is 5.45. The van der Waals surface area contributed by atoms with Crippen LogP contribution in [0, 0.1) is 5.82 Å². The Morgan fingerprint density at radius 3 is 2.77 bits per heavy atom. The van der Waals surface area contributed by atoms with Crippen LogP contribution in [-0.4, -0.2) is 48.7 Å². The quantitative estimate of drug-likeness (QED) is 0.859. The van der Waals surface area contributed by atoms with Crippen LogP contribution in [-0.2, 0) is 4.74 Å². The smallest absolute Gasteiger partial charge is 0.152 e. The second-order valence-corrected chi connectivity index (χ2v) is 5.30. The van der Waals surface area contributed by atoms with Crippen molar-refractivity contribution in [2.24, 2.45) is 0 Å². The van der Waals surface area contributed by atoms with Crippen molar-refractivity contribution in [3.05, 3.63) is 42.2 Å². The van der Waals surface area contributed by atoms with Crippen molar-refractivity contribution in [2.75, 3.05) is 43.6 Å². The lowest BCUT2D eigenvalue weighted by Crippen LogP contribution is -2.39. The number of ether oxygens (including phenoxy) is 1. The van der Waals surface area contributed by atoms with Crippen LogP contribution in [0.5, 0.6) is 0 Å². The molecule has 0 bridgehead atoms. The largest absolute Gasteiger partial charge is 0.368 e. The van der Waals surface area contributed by atoms with Gasteiger partial charge in [0.2, 0.25) is 0 Å². The maximum absolute atomic E-state index is 13.0. The molecule has 0 aromatic carbocycles. The zero-order valence-corrected chi connectivity index (χ0v) is 12.6. The number of morpholine rings is 1. The van der Waals surface area contributed by atoms with Gasteiger partial charge >= 0.3 is 0 Å². The van der Waals surface area contributed by atoms with E-state index >= 15 is 0 Å². The first-order valence-electron chi connectivity index (χ1n) is 7.11. The average Bonchev–Trinajstić information content (AvgIpc) is 2.55. The van der Waals surface area contributed by atoms with Crippen LogP contribution in [0.2, 0.25) is 0 Å². The van der Waals surface area contributed by atoms with Crippen molar-refractivity contribution in [1.82, 2.24) is 15.0 Å². The summed E-state index contributed by atoms with van der Waals surface area (Å²) in [6.45, 7) is 1.89. The fourth-order valence-corrected chi connectivity index (χ4v) is 2.49. The predicted molar refractivity (Wildman–Crippen MR) is 81.5 cm³/mol. The maximum Gasteiger partial charge on any atom is 0.152 e. The molecule has 7 heteroatoms. The van der Waals surface area contributed by atoms with E-state index in [4.69, 9.17) is 4.74 Å². The number of aromatic nitrogens is 3. The lowest BCUT2D eigenvalue weighted by molar-refractivity contribution is 0.0369. The van der Waals surface area contributed by atoms with Gasteiger partial charge in [-0.3, -0.25) is 4.98 Å². The molecule has 0 aliphatic carbocycles. The molecule has 2 aromatic rings. The van der Waals surface area contributed by atoms with Gasteiger partial charge in [-0.05, 0) is 12.1 Å². The molecule has 0 saturated carbocycles. The number of rotatable bonds is 3. The number of halogens is 1. The highest BCUT2D eigenvalue weighted by Crippen LogP contribution is 2.28. The SMILES string of the molecule is CN(C)c1nccnc1C1CN(c2ccc(F)cn2)CCO1. The Morgan fingerprint density at radius 1 is 1.23 bits per heavy atom. The van der Waals surface area contributed by atoms with Crippen LogP contribution in [0.15, 0.2) is 30.7 Å². The van der Waals surface area contributed by atoms with Crippen LogP contribution >= 0.6 is 0 Å². The molecule has 3 rings (SSSR count). The van der Waals surface area contributed by atoms with Gasteiger partial charge in [-0.2, -0.15) is 0 Å². The van der Waals surface area contributed by atoms with Gasteiger partial charge in [0.15, 0.2) is 5.82 Å². The lowest BCUT2D eigenvalue weighted by atomic mass is 10.2. The predicted octanol–water partition coefficient (Wildman–Crippen LogP) is 1.65. The van der Waals surface area contributed by atoms with Gasteiger partial charge in [-0.25, -0.2) is 14.4 Å². The summed E-state index contributed by atoms with van der Waals surface area (Å²) in [5.74, 6) is 1.20. The minimum absolute atomic E-state index is 0.188. The third-order valence-corrected chi connectivity index (χ3v) is 3.54. The number of hydrogen-bond donors (Lipinski definition) is 0. The van der Waals surface area contributed by atoms with Gasteiger partial charge in [-0.15, -0.1) is 0 Å². The molecule has 3 heterocycles.